The number of rotatable bonds is 6. The molecule has 0 saturated heterocycles. The maximum atomic E-state index is 13.2. The standard InChI is InChI=1S/C16H15F2N3O3/c1-10(11-2-7-14(17)15(18)8-11)19-9-16(22)20-12-3-5-13(6-4-12)21(23)24/h2-8,10,19H,9H2,1H3,(H,20,22)/t10-/m0/s1. The van der Waals surface area contributed by atoms with Gasteiger partial charge in [0.2, 0.25) is 5.91 Å². The van der Waals surface area contributed by atoms with Gasteiger partial charge in [0.05, 0.1) is 11.5 Å². The number of hydrogen-bond acceptors (Lipinski definition) is 4. The Morgan fingerprint density at radius 1 is 1.17 bits per heavy atom. The van der Waals surface area contributed by atoms with Crippen LogP contribution in [0.15, 0.2) is 42.5 Å². The molecule has 24 heavy (non-hydrogen) atoms. The van der Waals surface area contributed by atoms with Crippen molar-refractivity contribution in [3.63, 3.8) is 0 Å². The van der Waals surface area contributed by atoms with Gasteiger partial charge in [-0.05, 0) is 36.8 Å². The molecule has 1 amide bonds. The first-order valence-corrected chi connectivity index (χ1v) is 7.09. The van der Waals surface area contributed by atoms with Gasteiger partial charge in [-0.2, -0.15) is 0 Å². The van der Waals surface area contributed by atoms with Crippen LogP contribution < -0.4 is 10.6 Å². The van der Waals surface area contributed by atoms with E-state index in [-0.39, 0.29) is 24.2 Å². The van der Waals surface area contributed by atoms with Crippen molar-refractivity contribution < 1.29 is 18.5 Å². The molecule has 1 atom stereocenters. The molecule has 126 valence electrons. The first kappa shape index (κ1) is 17.5. The number of benzene rings is 2. The van der Waals surface area contributed by atoms with Gasteiger partial charge in [-0.15, -0.1) is 0 Å². The zero-order valence-corrected chi connectivity index (χ0v) is 12.8. The first-order valence-electron chi connectivity index (χ1n) is 7.09. The van der Waals surface area contributed by atoms with E-state index in [2.05, 4.69) is 10.6 Å². The lowest BCUT2D eigenvalue weighted by Crippen LogP contribution is -2.30. The van der Waals surface area contributed by atoms with Crippen molar-refractivity contribution in [3.05, 3.63) is 69.8 Å². The molecule has 0 bridgehead atoms. The van der Waals surface area contributed by atoms with Gasteiger partial charge in [0.1, 0.15) is 0 Å². The Bertz CT molecular complexity index is 751. The molecule has 0 saturated carbocycles. The van der Waals surface area contributed by atoms with Crippen molar-refractivity contribution in [1.29, 1.82) is 0 Å². The molecule has 0 aliphatic carbocycles. The molecular formula is C16H15F2N3O3. The Hall–Kier alpha value is -2.87. The van der Waals surface area contributed by atoms with Crippen LogP contribution in [0.4, 0.5) is 20.2 Å². The number of non-ortho nitro benzene ring substituents is 1. The Kier molecular flexibility index (Phi) is 5.54. The minimum absolute atomic E-state index is 0.0584. The van der Waals surface area contributed by atoms with Crippen LogP contribution in [-0.2, 0) is 4.79 Å². The lowest BCUT2D eigenvalue weighted by atomic mass is 10.1. The van der Waals surface area contributed by atoms with Crippen LogP contribution in [0.5, 0.6) is 0 Å². The topological polar surface area (TPSA) is 84.3 Å². The third-order valence-electron chi connectivity index (χ3n) is 3.37. The number of nitrogens with zero attached hydrogens (tertiary/aromatic N) is 1. The average Bonchev–Trinajstić information content (AvgIpc) is 2.55. The Balaban J connectivity index is 1.88. The number of carbonyl (C=O) groups is 1. The number of nitrogens with one attached hydrogen (secondary N) is 2. The molecule has 2 rings (SSSR count). The number of carbonyl (C=O) groups excluding carboxylic acids is 1. The van der Waals surface area contributed by atoms with Crippen molar-refractivity contribution in [2.75, 3.05) is 11.9 Å². The van der Waals surface area contributed by atoms with Gasteiger partial charge in [0, 0.05) is 23.9 Å². The number of halogens is 2. The van der Waals surface area contributed by atoms with Crippen molar-refractivity contribution in [1.82, 2.24) is 5.32 Å². The summed E-state index contributed by atoms with van der Waals surface area (Å²) in [5.41, 5.74) is 0.864. The molecule has 0 aliphatic heterocycles. The second kappa shape index (κ2) is 7.60. The summed E-state index contributed by atoms with van der Waals surface area (Å²) in [5.74, 6) is -2.24. The van der Waals surface area contributed by atoms with Gasteiger partial charge in [-0.1, -0.05) is 6.07 Å². The quantitative estimate of drug-likeness (QED) is 0.627. The fraction of sp³-hybridized carbons (Fsp3) is 0.188. The molecule has 0 aliphatic rings. The maximum absolute atomic E-state index is 13.2. The molecule has 0 unspecified atom stereocenters. The van der Waals surface area contributed by atoms with Gasteiger partial charge in [0.25, 0.3) is 5.69 Å². The summed E-state index contributed by atoms with van der Waals surface area (Å²) in [6.45, 7) is 1.66. The molecule has 0 radical (unpaired) electrons. The van der Waals surface area contributed by atoms with Crippen LogP contribution in [-0.4, -0.2) is 17.4 Å². The Morgan fingerprint density at radius 3 is 2.42 bits per heavy atom. The van der Waals surface area contributed by atoms with Crippen molar-refractivity contribution in [2.45, 2.75) is 13.0 Å². The predicted octanol–water partition coefficient (Wildman–Crippen LogP) is 3.16. The van der Waals surface area contributed by atoms with E-state index in [9.17, 15) is 23.7 Å². The van der Waals surface area contributed by atoms with Crippen molar-refractivity contribution in [3.8, 4) is 0 Å². The van der Waals surface area contributed by atoms with Gasteiger partial charge in [-0.3, -0.25) is 14.9 Å². The van der Waals surface area contributed by atoms with E-state index in [1.54, 1.807) is 6.92 Å². The largest absolute Gasteiger partial charge is 0.325 e. The summed E-state index contributed by atoms with van der Waals surface area (Å²) in [5, 5.41) is 16.0. The summed E-state index contributed by atoms with van der Waals surface area (Å²) in [7, 11) is 0. The average molecular weight is 335 g/mol. The molecular weight excluding hydrogens is 320 g/mol. The molecule has 0 heterocycles. The summed E-state index contributed by atoms with van der Waals surface area (Å²) < 4.78 is 26.1. The van der Waals surface area contributed by atoms with E-state index in [0.29, 0.717) is 11.3 Å². The summed E-state index contributed by atoms with van der Waals surface area (Å²) in [6, 6.07) is 8.59. The zero-order valence-electron chi connectivity index (χ0n) is 12.8. The number of hydrogen-bond donors (Lipinski definition) is 2. The highest BCUT2D eigenvalue weighted by Crippen LogP contribution is 2.17. The second-order valence-corrected chi connectivity index (χ2v) is 5.13. The summed E-state index contributed by atoms with van der Waals surface area (Å²) in [6.07, 6.45) is 0. The Morgan fingerprint density at radius 2 is 1.83 bits per heavy atom. The minimum atomic E-state index is -0.948. The molecule has 8 heteroatoms. The van der Waals surface area contributed by atoms with Gasteiger partial charge < -0.3 is 10.6 Å². The highest BCUT2D eigenvalue weighted by Gasteiger charge is 2.11. The molecule has 2 aromatic rings. The van der Waals surface area contributed by atoms with E-state index in [1.807, 2.05) is 0 Å². The van der Waals surface area contributed by atoms with E-state index in [0.717, 1.165) is 12.1 Å². The first-order chi connectivity index (χ1) is 11.4. The van der Waals surface area contributed by atoms with Crippen molar-refractivity contribution >= 4 is 17.3 Å². The van der Waals surface area contributed by atoms with E-state index < -0.39 is 16.6 Å². The number of amides is 1. The fourth-order valence-corrected chi connectivity index (χ4v) is 2.02. The van der Waals surface area contributed by atoms with Crippen LogP contribution >= 0.6 is 0 Å². The minimum Gasteiger partial charge on any atom is -0.325 e. The van der Waals surface area contributed by atoms with Crippen LogP contribution in [0, 0.1) is 21.7 Å². The summed E-state index contributed by atoms with van der Waals surface area (Å²) in [4.78, 5) is 21.9. The monoisotopic (exact) mass is 335 g/mol. The smallest absolute Gasteiger partial charge is 0.269 e. The van der Waals surface area contributed by atoms with Crippen LogP contribution in [0.1, 0.15) is 18.5 Å². The molecule has 2 aromatic carbocycles. The van der Waals surface area contributed by atoms with Crippen LogP contribution in [0.25, 0.3) is 0 Å². The van der Waals surface area contributed by atoms with Crippen LogP contribution in [0.2, 0.25) is 0 Å². The highest BCUT2D eigenvalue weighted by atomic mass is 19.2. The molecule has 0 aromatic heterocycles. The third kappa shape index (κ3) is 4.56. The SMILES string of the molecule is C[C@H](NCC(=O)Nc1ccc([N+](=O)[O-])cc1)c1ccc(F)c(F)c1. The molecule has 2 N–H and O–H groups in total. The zero-order chi connectivity index (χ0) is 17.7. The van der Waals surface area contributed by atoms with Gasteiger partial charge in [-0.25, -0.2) is 8.78 Å². The van der Waals surface area contributed by atoms with Gasteiger partial charge in [0.15, 0.2) is 11.6 Å². The lowest BCUT2D eigenvalue weighted by molar-refractivity contribution is -0.384. The molecule has 0 spiro atoms. The van der Waals surface area contributed by atoms with E-state index in [1.165, 1.54) is 30.3 Å². The van der Waals surface area contributed by atoms with Crippen LogP contribution in [0.3, 0.4) is 0 Å². The van der Waals surface area contributed by atoms with E-state index in [4.69, 9.17) is 0 Å². The second-order valence-electron chi connectivity index (χ2n) is 5.13. The summed E-state index contributed by atoms with van der Waals surface area (Å²) >= 11 is 0. The van der Waals surface area contributed by atoms with E-state index >= 15 is 0 Å². The Labute approximate surface area is 136 Å². The number of nitro benzene ring substituents is 1. The predicted molar refractivity (Wildman–Crippen MR) is 84.5 cm³/mol. The van der Waals surface area contributed by atoms with Crippen molar-refractivity contribution in [2.24, 2.45) is 0 Å². The molecule has 0 fully saturated rings. The fourth-order valence-electron chi connectivity index (χ4n) is 2.02. The number of anilines is 1. The lowest BCUT2D eigenvalue weighted by Gasteiger charge is -2.14. The maximum Gasteiger partial charge on any atom is 0.269 e. The number of nitro groups is 1. The normalized spacial score (nSPS) is 11.8. The highest BCUT2D eigenvalue weighted by molar-refractivity contribution is 5.92. The van der Waals surface area contributed by atoms with Gasteiger partial charge >= 0.3 is 0 Å². The third-order valence-corrected chi connectivity index (χ3v) is 3.37. The molecule has 6 nitrogen and oxygen atoms in total.